The van der Waals surface area contributed by atoms with Gasteiger partial charge in [-0.3, -0.25) is 11.8 Å². The molecule has 2 nitrogen and oxygen atoms in total. The number of hydrogen-bond donors (Lipinski definition) is 0. The Kier molecular flexibility index (Phi) is 1.85. The lowest BCUT2D eigenvalue weighted by Crippen LogP contribution is -2.50. The van der Waals surface area contributed by atoms with Crippen molar-refractivity contribution < 1.29 is 4.79 Å². The van der Waals surface area contributed by atoms with E-state index in [1.807, 2.05) is 0 Å². The fraction of sp³-hybridized carbons (Fsp3) is 0.714. The highest BCUT2D eigenvalue weighted by molar-refractivity contribution is 6.77. The number of carbonyl (C=O) groups excluding carboxylic acids is 1. The van der Waals surface area contributed by atoms with Gasteiger partial charge < -0.3 is 4.57 Å². The van der Waals surface area contributed by atoms with Gasteiger partial charge in [0.15, 0.2) is 5.91 Å². The van der Waals surface area contributed by atoms with Crippen LogP contribution in [0.1, 0.15) is 12.8 Å². The molecule has 0 radical (unpaired) electrons. The summed E-state index contributed by atoms with van der Waals surface area (Å²) in [6.07, 6.45) is 1.78. The topological polar surface area (TPSA) is 20.3 Å². The summed E-state index contributed by atoms with van der Waals surface area (Å²) in [6.45, 7) is 4.38. The maximum absolute atomic E-state index is 11.1. The molecule has 0 saturated carbocycles. The van der Waals surface area contributed by atoms with Crippen molar-refractivity contribution in [3.63, 3.8) is 0 Å². The highest BCUT2D eigenvalue weighted by Gasteiger charge is 2.29. The predicted molar refractivity (Wildman–Crippen MR) is 43.7 cm³/mol. The van der Waals surface area contributed by atoms with E-state index >= 15 is 0 Å². The lowest BCUT2D eigenvalue weighted by atomic mass is 10.3. The third kappa shape index (κ3) is 1.23. The van der Waals surface area contributed by atoms with Gasteiger partial charge in [-0.15, -0.1) is 0 Å². The van der Waals surface area contributed by atoms with Crippen LogP contribution in [0.4, 0.5) is 0 Å². The molecule has 0 aromatic rings. The Labute approximate surface area is 63.3 Å². The zero-order chi connectivity index (χ0) is 7.78. The van der Waals surface area contributed by atoms with Crippen LogP contribution in [0.3, 0.4) is 0 Å². The summed E-state index contributed by atoms with van der Waals surface area (Å²) in [7, 11) is 2.39. The normalized spacial score (nSPS) is 25.1. The molecule has 1 fully saturated rings. The first-order valence-electron chi connectivity index (χ1n) is 3.67. The zero-order valence-corrected chi connectivity index (χ0v) is 7.68. The van der Waals surface area contributed by atoms with Gasteiger partial charge in [0.1, 0.15) is 8.24 Å². The van der Waals surface area contributed by atoms with Crippen LogP contribution < -0.4 is 0 Å². The van der Waals surface area contributed by atoms with E-state index in [2.05, 4.69) is 20.1 Å². The molecule has 0 unspecified atom stereocenters. The monoisotopic (exact) mass is 156 g/mol. The molecule has 1 aliphatic rings. The quantitative estimate of drug-likeness (QED) is 0.385. The van der Waals surface area contributed by atoms with E-state index in [-0.39, 0.29) is 5.91 Å². The molecule has 0 aromatic carbocycles. The first kappa shape index (κ1) is 7.79. The third-order valence-electron chi connectivity index (χ3n) is 2.21. The average Bonchev–Trinajstić information content (AvgIpc) is 1.83. The van der Waals surface area contributed by atoms with E-state index in [9.17, 15) is 4.79 Å². The highest BCUT2D eigenvalue weighted by atomic mass is 28.3. The first-order valence-corrected chi connectivity index (χ1v) is 6.83. The van der Waals surface area contributed by atoms with Crippen molar-refractivity contribution in [2.75, 3.05) is 0 Å². The molecular weight excluding hydrogens is 142 g/mol. The Balaban J connectivity index is 2.69. The predicted octanol–water partition coefficient (Wildman–Crippen LogP) is 1.61. The Morgan fingerprint density at radius 3 is 2.60 bits per heavy atom. The minimum atomic E-state index is -1.38. The highest BCUT2D eigenvalue weighted by Crippen LogP contribution is 2.24. The van der Waals surface area contributed by atoms with E-state index in [0.717, 1.165) is 6.42 Å². The van der Waals surface area contributed by atoms with E-state index in [0.29, 0.717) is 6.42 Å². The molecule has 0 aromatic heterocycles. The molecule has 10 heavy (non-hydrogen) atoms. The Hall–Kier alpha value is -0.313. The number of hydrogen-bond acceptors (Lipinski definition) is 1. The van der Waals surface area contributed by atoms with E-state index < -0.39 is 8.24 Å². The van der Waals surface area contributed by atoms with Gasteiger partial charge in [0.25, 0.3) is 0 Å². The molecule has 1 saturated heterocycles. The van der Waals surface area contributed by atoms with Gasteiger partial charge in [0.05, 0.1) is 0 Å². The molecule has 0 N–H and O–H groups in total. The van der Waals surface area contributed by atoms with Crippen LogP contribution in [-0.2, 0) is 4.79 Å². The van der Waals surface area contributed by atoms with Gasteiger partial charge >= 0.3 is 0 Å². The number of rotatable bonds is 0. The molecule has 0 atom stereocenters. The van der Waals surface area contributed by atoms with Crippen molar-refractivity contribution in [2.24, 2.45) is 0 Å². The van der Waals surface area contributed by atoms with Gasteiger partial charge in [-0.1, -0.05) is 13.1 Å². The van der Waals surface area contributed by atoms with Crippen LogP contribution in [0.5, 0.6) is 0 Å². The molecule has 0 aliphatic carbocycles. The van der Waals surface area contributed by atoms with Crippen molar-refractivity contribution in [1.29, 1.82) is 0 Å². The molecule has 58 valence electrons. The Morgan fingerprint density at radius 2 is 2.20 bits per heavy atom. The molecule has 1 heterocycles. The second kappa shape index (κ2) is 2.38. The van der Waals surface area contributed by atoms with E-state index in [4.69, 9.17) is 0 Å². The van der Waals surface area contributed by atoms with Crippen LogP contribution in [-0.4, -0.2) is 18.7 Å². The van der Waals surface area contributed by atoms with Crippen molar-refractivity contribution in [1.82, 2.24) is 4.57 Å². The third-order valence-corrected chi connectivity index (χ3v) is 5.50. The van der Waals surface area contributed by atoms with Crippen LogP contribution in [0.15, 0.2) is 0 Å². The lowest BCUT2D eigenvalue weighted by molar-refractivity contribution is -0.126. The van der Waals surface area contributed by atoms with Gasteiger partial charge in [0, 0.05) is 6.42 Å². The van der Waals surface area contributed by atoms with Gasteiger partial charge in [-0.25, -0.2) is 0 Å². The van der Waals surface area contributed by atoms with Crippen LogP contribution in [0, 0.1) is 7.05 Å². The number of nitrogens with zero attached hydrogens (tertiary/aromatic N) is 1. The molecule has 3 heteroatoms. The van der Waals surface area contributed by atoms with E-state index in [1.165, 1.54) is 6.04 Å². The van der Waals surface area contributed by atoms with Crippen molar-refractivity contribution in [3.05, 3.63) is 7.05 Å². The van der Waals surface area contributed by atoms with E-state index in [1.54, 1.807) is 4.57 Å². The number of amides is 1. The second-order valence-electron chi connectivity index (χ2n) is 3.49. The summed E-state index contributed by atoms with van der Waals surface area (Å²) in [5.74, 6) is 0.239. The van der Waals surface area contributed by atoms with Crippen LogP contribution in [0.2, 0.25) is 19.1 Å². The maximum Gasteiger partial charge on any atom is 0.185 e. The molecule has 0 bridgehead atoms. The summed E-state index contributed by atoms with van der Waals surface area (Å²) in [4.78, 5) is 11.1. The Morgan fingerprint density at radius 1 is 1.60 bits per heavy atom. The summed E-state index contributed by atoms with van der Waals surface area (Å²) >= 11 is 0. The SMILES string of the molecule is [CH2-]N1C(=O)CCC[Si]1(C)C. The molecule has 1 aliphatic heterocycles. The molecular formula is C7H14NOSi-. The fourth-order valence-electron chi connectivity index (χ4n) is 1.28. The first-order chi connectivity index (χ1) is 4.54. The summed E-state index contributed by atoms with van der Waals surface area (Å²) < 4.78 is 1.75. The van der Waals surface area contributed by atoms with Gasteiger partial charge in [-0.2, -0.15) is 0 Å². The van der Waals surface area contributed by atoms with Gasteiger partial charge in [0.2, 0.25) is 0 Å². The molecule has 1 amide bonds. The van der Waals surface area contributed by atoms with Crippen molar-refractivity contribution in [3.8, 4) is 0 Å². The van der Waals surface area contributed by atoms with Crippen LogP contribution in [0.25, 0.3) is 0 Å². The minimum absolute atomic E-state index is 0.239. The summed E-state index contributed by atoms with van der Waals surface area (Å²) in [6, 6.07) is 1.21. The summed E-state index contributed by atoms with van der Waals surface area (Å²) in [5.41, 5.74) is 0. The minimum Gasteiger partial charge on any atom is -0.522 e. The van der Waals surface area contributed by atoms with Crippen molar-refractivity contribution >= 4 is 14.1 Å². The van der Waals surface area contributed by atoms with Gasteiger partial charge in [-0.05, 0) is 12.5 Å². The molecule has 0 spiro atoms. The molecule has 1 rings (SSSR count). The lowest BCUT2D eigenvalue weighted by Gasteiger charge is -2.44. The van der Waals surface area contributed by atoms with Crippen molar-refractivity contribution in [2.45, 2.75) is 32.0 Å². The standard InChI is InChI=1S/C7H14NOSi/c1-8-7(9)5-4-6-10(8,2)3/h1,4-6H2,2-3H3/q-1. The maximum atomic E-state index is 11.1. The second-order valence-corrected chi connectivity index (χ2v) is 8.15. The summed E-state index contributed by atoms with van der Waals surface area (Å²) in [5, 5.41) is 0. The Bertz CT molecular complexity index is 156. The largest absolute Gasteiger partial charge is 0.522 e. The average molecular weight is 156 g/mol. The smallest absolute Gasteiger partial charge is 0.185 e. The van der Waals surface area contributed by atoms with Crippen LogP contribution >= 0.6 is 0 Å². The zero-order valence-electron chi connectivity index (χ0n) is 6.68. The fourth-order valence-corrected chi connectivity index (χ4v) is 3.38. The number of carbonyl (C=O) groups is 1.